The minimum atomic E-state index is 0.181. The summed E-state index contributed by atoms with van der Waals surface area (Å²) in [4.78, 5) is 17.6. The zero-order valence-electron chi connectivity index (χ0n) is 9.90. The Morgan fingerprint density at radius 3 is 2.94 bits per heavy atom. The maximum Gasteiger partial charge on any atom is 0.222 e. The van der Waals surface area contributed by atoms with E-state index >= 15 is 0 Å². The highest BCUT2D eigenvalue weighted by Crippen LogP contribution is 2.12. The Bertz CT molecular complexity index is 338. The molecule has 0 atom stereocenters. The van der Waals surface area contributed by atoms with Gasteiger partial charge in [-0.3, -0.25) is 4.79 Å². The lowest BCUT2D eigenvalue weighted by Gasteiger charge is -2.16. The molecule has 1 aromatic rings. The maximum absolute atomic E-state index is 11.7. The van der Waals surface area contributed by atoms with Crippen molar-refractivity contribution >= 4 is 22.4 Å². The number of hydrogen-bond acceptors (Lipinski definition) is 4. The molecule has 1 rings (SSSR count). The van der Waals surface area contributed by atoms with E-state index in [1.54, 1.807) is 4.90 Å². The highest BCUT2D eigenvalue weighted by atomic mass is 32.1. The van der Waals surface area contributed by atoms with Crippen LogP contribution in [0, 0.1) is 0 Å². The van der Waals surface area contributed by atoms with E-state index in [4.69, 9.17) is 5.73 Å². The molecule has 0 spiro atoms. The van der Waals surface area contributed by atoms with Crippen molar-refractivity contribution in [3.63, 3.8) is 0 Å². The molecule has 4 nitrogen and oxygen atoms in total. The van der Waals surface area contributed by atoms with Crippen molar-refractivity contribution in [2.24, 2.45) is 0 Å². The fourth-order valence-electron chi connectivity index (χ4n) is 1.38. The summed E-state index contributed by atoms with van der Waals surface area (Å²) in [5.41, 5.74) is 6.44. The molecule has 1 amide bonds. The van der Waals surface area contributed by atoms with Crippen molar-refractivity contribution in [1.82, 2.24) is 9.88 Å². The lowest BCUT2D eigenvalue weighted by molar-refractivity contribution is -0.129. The third kappa shape index (κ3) is 4.18. The summed E-state index contributed by atoms with van der Waals surface area (Å²) in [6.45, 7) is 2.96. The predicted molar refractivity (Wildman–Crippen MR) is 67.4 cm³/mol. The number of amides is 1. The standard InChI is InChI=1S/C11H19N3OS/c1-3-4-7-14(2)10(15)6-5-9-8-16-11(12)13-9/h8H,3-7H2,1-2H3,(H2,12,13). The first-order valence-electron chi connectivity index (χ1n) is 5.57. The first-order valence-corrected chi connectivity index (χ1v) is 6.45. The van der Waals surface area contributed by atoms with Gasteiger partial charge in [-0.05, 0) is 12.8 Å². The highest BCUT2D eigenvalue weighted by molar-refractivity contribution is 7.13. The van der Waals surface area contributed by atoms with Gasteiger partial charge in [-0.15, -0.1) is 11.3 Å². The molecular formula is C11H19N3OS. The van der Waals surface area contributed by atoms with E-state index in [-0.39, 0.29) is 5.91 Å². The van der Waals surface area contributed by atoms with Crippen LogP contribution in [0.4, 0.5) is 5.13 Å². The van der Waals surface area contributed by atoms with E-state index in [1.807, 2.05) is 12.4 Å². The number of nitrogens with zero attached hydrogens (tertiary/aromatic N) is 2. The fraction of sp³-hybridized carbons (Fsp3) is 0.636. The number of thiazole rings is 1. The summed E-state index contributed by atoms with van der Waals surface area (Å²) in [5.74, 6) is 0.181. The molecule has 0 unspecified atom stereocenters. The van der Waals surface area contributed by atoms with Crippen LogP contribution in [0.3, 0.4) is 0 Å². The molecule has 1 heterocycles. The number of anilines is 1. The van der Waals surface area contributed by atoms with Crippen LogP contribution in [0.5, 0.6) is 0 Å². The van der Waals surface area contributed by atoms with E-state index in [2.05, 4.69) is 11.9 Å². The molecule has 0 saturated carbocycles. The molecule has 1 aromatic heterocycles. The van der Waals surface area contributed by atoms with Gasteiger partial charge in [-0.25, -0.2) is 4.98 Å². The van der Waals surface area contributed by atoms with Crippen molar-refractivity contribution in [3.8, 4) is 0 Å². The number of aromatic nitrogens is 1. The van der Waals surface area contributed by atoms with Crippen molar-refractivity contribution < 1.29 is 4.79 Å². The summed E-state index contributed by atoms with van der Waals surface area (Å²) >= 11 is 1.42. The van der Waals surface area contributed by atoms with E-state index in [0.29, 0.717) is 18.0 Å². The summed E-state index contributed by atoms with van der Waals surface area (Å²) in [6.07, 6.45) is 3.37. The Morgan fingerprint density at radius 2 is 2.38 bits per heavy atom. The van der Waals surface area contributed by atoms with E-state index in [1.165, 1.54) is 11.3 Å². The molecule has 0 aromatic carbocycles. The van der Waals surface area contributed by atoms with Crippen LogP contribution in [0.15, 0.2) is 5.38 Å². The summed E-state index contributed by atoms with van der Waals surface area (Å²) in [6, 6.07) is 0. The number of carbonyl (C=O) groups is 1. The molecule has 0 aliphatic heterocycles. The predicted octanol–water partition coefficient (Wildman–Crippen LogP) is 1.92. The highest BCUT2D eigenvalue weighted by Gasteiger charge is 2.09. The Labute approximate surface area is 100 Å². The van der Waals surface area contributed by atoms with E-state index in [9.17, 15) is 4.79 Å². The summed E-state index contributed by atoms with van der Waals surface area (Å²) < 4.78 is 0. The minimum absolute atomic E-state index is 0.181. The maximum atomic E-state index is 11.7. The second kappa shape index (κ2) is 6.48. The molecule has 0 aliphatic rings. The molecule has 0 radical (unpaired) electrons. The first-order chi connectivity index (χ1) is 7.63. The van der Waals surface area contributed by atoms with Gasteiger partial charge >= 0.3 is 0 Å². The molecule has 2 N–H and O–H groups in total. The van der Waals surface area contributed by atoms with Gasteiger partial charge in [0.25, 0.3) is 0 Å². The van der Waals surface area contributed by atoms with Gasteiger partial charge < -0.3 is 10.6 Å². The Hall–Kier alpha value is -1.10. The number of nitrogen functional groups attached to an aromatic ring is 1. The second-order valence-electron chi connectivity index (χ2n) is 3.85. The Kier molecular flexibility index (Phi) is 5.25. The summed E-state index contributed by atoms with van der Waals surface area (Å²) in [5, 5.41) is 2.48. The number of hydrogen-bond donors (Lipinski definition) is 1. The average molecular weight is 241 g/mol. The van der Waals surface area contributed by atoms with Gasteiger partial charge in [0.05, 0.1) is 5.69 Å². The number of carbonyl (C=O) groups excluding carboxylic acids is 1. The number of unbranched alkanes of at least 4 members (excludes halogenated alkanes) is 1. The minimum Gasteiger partial charge on any atom is -0.375 e. The average Bonchev–Trinajstić information content (AvgIpc) is 2.68. The van der Waals surface area contributed by atoms with Gasteiger partial charge in [-0.1, -0.05) is 13.3 Å². The van der Waals surface area contributed by atoms with Gasteiger partial charge in [0.15, 0.2) is 5.13 Å². The van der Waals surface area contributed by atoms with Gasteiger partial charge in [0, 0.05) is 25.4 Å². The monoisotopic (exact) mass is 241 g/mol. The summed E-state index contributed by atoms with van der Waals surface area (Å²) in [7, 11) is 1.85. The number of rotatable bonds is 6. The van der Waals surface area contributed by atoms with Crippen LogP contribution in [0.25, 0.3) is 0 Å². The molecule has 0 bridgehead atoms. The van der Waals surface area contributed by atoms with Crippen LogP contribution in [-0.2, 0) is 11.2 Å². The molecule has 5 heteroatoms. The third-order valence-electron chi connectivity index (χ3n) is 2.44. The largest absolute Gasteiger partial charge is 0.375 e. The third-order valence-corrected chi connectivity index (χ3v) is 3.16. The molecule has 0 aliphatic carbocycles. The van der Waals surface area contributed by atoms with Crippen LogP contribution >= 0.6 is 11.3 Å². The molecule has 90 valence electrons. The fourth-order valence-corrected chi connectivity index (χ4v) is 1.98. The van der Waals surface area contributed by atoms with Gasteiger partial charge in [0.2, 0.25) is 5.91 Å². The van der Waals surface area contributed by atoms with Crippen molar-refractivity contribution in [2.75, 3.05) is 19.3 Å². The topological polar surface area (TPSA) is 59.2 Å². The van der Waals surface area contributed by atoms with E-state index in [0.717, 1.165) is 25.1 Å². The second-order valence-corrected chi connectivity index (χ2v) is 4.74. The van der Waals surface area contributed by atoms with Crippen LogP contribution in [0.2, 0.25) is 0 Å². The number of aryl methyl sites for hydroxylation is 1. The molecule has 16 heavy (non-hydrogen) atoms. The lowest BCUT2D eigenvalue weighted by Crippen LogP contribution is -2.27. The SMILES string of the molecule is CCCCN(C)C(=O)CCc1csc(N)n1. The molecular weight excluding hydrogens is 222 g/mol. The van der Waals surface area contributed by atoms with Crippen molar-refractivity contribution in [2.45, 2.75) is 32.6 Å². The van der Waals surface area contributed by atoms with Crippen molar-refractivity contribution in [3.05, 3.63) is 11.1 Å². The zero-order valence-corrected chi connectivity index (χ0v) is 10.7. The van der Waals surface area contributed by atoms with Gasteiger partial charge in [0.1, 0.15) is 0 Å². The normalized spacial score (nSPS) is 10.4. The Balaban J connectivity index is 2.29. The van der Waals surface area contributed by atoms with Crippen LogP contribution in [0.1, 0.15) is 31.9 Å². The molecule has 0 fully saturated rings. The first kappa shape index (κ1) is 13.0. The lowest BCUT2D eigenvalue weighted by atomic mass is 10.2. The van der Waals surface area contributed by atoms with Gasteiger partial charge in [-0.2, -0.15) is 0 Å². The quantitative estimate of drug-likeness (QED) is 0.827. The molecule has 0 saturated heterocycles. The van der Waals surface area contributed by atoms with Crippen molar-refractivity contribution in [1.29, 1.82) is 0 Å². The van der Waals surface area contributed by atoms with Crippen LogP contribution < -0.4 is 5.73 Å². The van der Waals surface area contributed by atoms with Crippen LogP contribution in [-0.4, -0.2) is 29.4 Å². The number of nitrogens with two attached hydrogens (primary N) is 1. The Morgan fingerprint density at radius 1 is 1.62 bits per heavy atom. The smallest absolute Gasteiger partial charge is 0.222 e. The van der Waals surface area contributed by atoms with E-state index < -0.39 is 0 Å². The zero-order chi connectivity index (χ0) is 12.0.